The molecule has 3 aromatic rings. The average Bonchev–Trinajstić information content (AvgIpc) is 3.20. The smallest absolute Gasteiger partial charge is 0.408 e. The van der Waals surface area contributed by atoms with Crippen molar-refractivity contribution in [1.29, 1.82) is 0 Å². The Morgan fingerprint density at radius 2 is 1.73 bits per heavy atom. The summed E-state index contributed by atoms with van der Waals surface area (Å²) in [5, 5.41) is 7.36. The molecule has 30 heavy (non-hydrogen) atoms. The minimum absolute atomic E-state index is 0.268. The van der Waals surface area contributed by atoms with Crippen LogP contribution in [0.2, 0.25) is 0 Å². The van der Waals surface area contributed by atoms with Gasteiger partial charge in [-0.2, -0.15) is 0 Å². The van der Waals surface area contributed by atoms with Gasteiger partial charge in [0, 0.05) is 29.9 Å². The van der Waals surface area contributed by atoms with Crippen LogP contribution in [0.5, 0.6) is 0 Å². The zero-order valence-corrected chi connectivity index (χ0v) is 17.9. The van der Waals surface area contributed by atoms with Crippen molar-refractivity contribution in [1.82, 2.24) is 15.3 Å². The number of hydrogen-bond donors (Lipinski definition) is 2. The van der Waals surface area contributed by atoms with Crippen LogP contribution in [0.3, 0.4) is 0 Å². The number of ether oxygens (including phenoxy) is 1. The van der Waals surface area contributed by atoms with E-state index in [9.17, 15) is 9.59 Å². The van der Waals surface area contributed by atoms with E-state index >= 15 is 0 Å². The molecule has 0 fully saturated rings. The Kier molecular flexibility index (Phi) is 6.79. The lowest BCUT2D eigenvalue weighted by Crippen LogP contribution is -2.47. The molecule has 0 unspecified atom stereocenters. The van der Waals surface area contributed by atoms with Crippen molar-refractivity contribution in [2.75, 3.05) is 5.32 Å². The summed E-state index contributed by atoms with van der Waals surface area (Å²) < 4.78 is 5.30. The highest BCUT2D eigenvalue weighted by atomic mass is 32.1. The predicted molar refractivity (Wildman–Crippen MR) is 117 cm³/mol. The van der Waals surface area contributed by atoms with Gasteiger partial charge in [0.25, 0.3) is 0 Å². The molecular formula is C22H24N4O3S. The Bertz CT molecular complexity index is 968. The number of carbonyl (C=O) groups is 2. The summed E-state index contributed by atoms with van der Waals surface area (Å²) >= 11 is 1.43. The van der Waals surface area contributed by atoms with Crippen LogP contribution in [0, 0.1) is 0 Å². The SMILES string of the molecule is CC(C)(C)OC(=O)N[C@H](Cc1cscn1)C(=O)Nc1ccc(-c2ccncc2)cc1. The predicted octanol–water partition coefficient (Wildman–Crippen LogP) is 4.28. The molecule has 0 saturated heterocycles. The van der Waals surface area contributed by atoms with Crippen molar-refractivity contribution < 1.29 is 14.3 Å². The second-order valence-electron chi connectivity index (χ2n) is 7.69. The van der Waals surface area contributed by atoms with Crippen molar-refractivity contribution in [2.24, 2.45) is 0 Å². The van der Waals surface area contributed by atoms with Gasteiger partial charge in [-0.3, -0.25) is 9.78 Å². The number of anilines is 1. The summed E-state index contributed by atoms with van der Waals surface area (Å²) in [6.45, 7) is 5.31. The molecule has 0 saturated carbocycles. The molecular weight excluding hydrogens is 400 g/mol. The van der Waals surface area contributed by atoms with Gasteiger partial charge < -0.3 is 15.4 Å². The maximum atomic E-state index is 12.9. The molecule has 1 aromatic carbocycles. The molecule has 1 atom stereocenters. The number of pyridine rings is 1. The quantitative estimate of drug-likeness (QED) is 0.616. The van der Waals surface area contributed by atoms with Crippen molar-refractivity contribution in [3.05, 3.63) is 65.4 Å². The average molecular weight is 425 g/mol. The summed E-state index contributed by atoms with van der Waals surface area (Å²) in [6.07, 6.45) is 3.09. The molecule has 156 valence electrons. The minimum atomic E-state index is -0.818. The topological polar surface area (TPSA) is 93.2 Å². The summed E-state index contributed by atoms with van der Waals surface area (Å²) in [6, 6.07) is 10.5. The third-order valence-electron chi connectivity index (χ3n) is 4.07. The van der Waals surface area contributed by atoms with Gasteiger partial charge >= 0.3 is 6.09 Å². The molecule has 2 amide bonds. The number of aromatic nitrogens is 2. The lowest BCUT2D eigenvalue weighted by atomic mass is 10.1. The Balaban J connectivity index is 1.69. The van der Waals surface area contributed by atoms with Crippen LogP contribution < -0.4 is 10.6 Å². The van der Waals surface area contributed by atoms with Crippen molar-refractivity contribution in [3.8, 4) is 11.1 Å². The molecule has 0 radical (unpaired) electrons. The summed E-state index contributed by atoms with van der Waals surface area (Å²) in [5.41, 5.74) is 4.44. The van der Waals surface area contributed by atoms with E-state index in [1.54, 1.807) is 38.7 Å². The lowest BCUT2D eigenvalue weighted by molar-refractivity contribution is -0.118. The Morgan fingerprint density at radius 3 is 2.33 bits per heavy atom. The monoisotopic (exact) mass is 424 g/mol. The van der Waals surface area contributed by atoms with Gasteiger partial charge in [-0.05, 0) is 56.2 Å². The standard InChI is InChI=1S/C22H24N4O3S/c1-22(2,3)29-21(28)26-19(12-18-13-30-14-24-18)20(27)25-17-6-4-15(5-7-17)16-8-10-23-11-9-16/h4-11,13-14,19H,12H2,1-3H3,(H,25,27)(H,26,28)/t19-/m1/s1. The fourth-order valence-corrected chi connectivity index (χ4v) is 3.30. The van der Waals surface area contributed by atoms with Gasteiger partial charge in [0.1, 0.15) is 11.6 Å². The Hall–Kier alpha value is -3.26. The van der Waals surface area contributed by atoms with E-state index in [-0.39, 0.29) is 12.3 Å². The highest BCUT2D eigenvalue weighted by Crippen LogP contribution is 2.21. The maximum absolute atomic E-state index is 12.9. The number of carbonyl (C=O) groups excluding carboxylic acids is 2. The first-order valence-electron chi connectivity index (χ1n) is 9.48. The zero-order chi connectivity index (χ0) is 21.6. The Morgan fingerprint density at radius 1 is 1.07 bits per heavy atom. The minimum Gasteiger partial charge on any atom is -0.444 e. The van der Waals surface area contributed by atoms with Crippen LogP contribution in [0.4, 0.5) is 10.5 Å². The molecule has 2 N–H and O–H groups in total. The number of thiazole rings is 1. The third-order valence-corrected chi connectivity index (χ3v) is 4.71. The number of hydrogen-bond acceptors (Lipinski definition) is 6. The number of benzene rings is 1. The van der Waals surface area contributed by atoms with Crippen LogP contribution in [0.1, 0.15) is 26.5 Å². The van der Waals surface area contributed by atoms with Gasteiger partial charge in [-0.25, -0.2) is 9.78 Å². The number of nitrogens with one attached hydrogen (secondary N) is 2. The highest BCUT2D eigenvalue weighted by Gasteiger charge is 2.25. The van der Waals surface area contributed by atoms with E-state index in [0.717, 1.165) is 16.8 Å². The fourth-order valence-electron chi connectivity index (χ4n) is 2.73. The largest absolute Gasteiger partial charge is 0.444 e. The normalized spacial score (nSPS) is 12.1. The Labute approximate surface area is 179 Å². The lowest BCUT2D eigenvalue weighted by Gasteiger charge is -2.23. The molecule has 0 spiro atoms. The van der Waals surface area contributed by atoms with Crippen LogP contribution >= 0.6 is 11.3 Å². The van der Waals surface area contributed by atoms with Crippen molar-refractivity contribution in [2.45, 2.75) is 38.8 Å². The molecule has 0 bridgehead atoms. The van der Waals surface area contributed by atoms with Gasteiger partial charge in [-0.15, -0.1) is 11.3 Å². The number of amides is 2. The van der Waals surface area contributed by atoms with E-state index in [4.69, 9.17) is 4.74 Å². The third kappa shape index (κ3) is 6.38. The van der Waals surface area contributed by atoms with Crippen LogP contribution in [-0.4, -0.2) is 33.6 Å². The fraction of sp³-hybridized carbons (Fsp3) is 0.273. The van der Waals surface area contributed by atoms with Gasteiger partial charge in [0.15, 0.2) is 0 Å². The first-order chi connectivity index (χ1) is 14.3. The van der Waals surface area contributed by atoms with E-state index in [1.165, 1.54) is 11.3 Å². The molecule has 0 aliphatic carbocycles. The summed E-state index contributed by atoms with van der Waals surface area (Å²) in [5.74, 6) is -0.342. The molecule has 8 heteroatoms. The van der Waals surface area contributed by atoms with Gasteiger partial charge in [0.05, 0.1) is 11.2 Å². The number of alkyl carbamates (subject to hydrolysis) is 1. The van der Waals surface area contributed by atoms with E-state index in [0.29, 0.717) is 5.69 Å². The number of rotatable bonds is 6. The van der Waals surface area contributed by atoms with E-state index < -0.39 is 17.7 Å². The molecule has 0 aliphatic rings. The molecule has 0 aliphatic heterocycles. The van der Waals surface area contributed by atoms with Crippen LogP contribution in [0.25, 0.3) is 11.1 Å². The zero-order valence-electron chi connectivity index (χ0n) is 17.1. The van der Waals surface area contributed by atoms with Crippen LogP contribution in [0.15, 0.2) is 59.7 Å². The highest BCUT2D eigenvalue weighted by molar-refractivity contribution is 7.07. The van der Waals surface area contributed by atoms with E-state index in [2.05, 4.69) is 20.6 Å². The number of nitrogens with zero attached hydrogens (tertiary/aromatic N) is 2. The van der Waals surface area contributed by atoms with Gasteiger partial charge in [-0.1, -0.05) is 12.1 Å². The summed E-state index contributed by atoms with van der Waals surface area (Å²) in [4.78, 5) is 33.3. The molecule has 2 aromatic heterocycles. The second-order valence-corrected chi connectivity index (χ2v) is 8.40. The first kappa shape index (κ1) is 21.4. The molecule has 3 rings (SSSR count). The van der Waals surface area contributed by atoms with Crippen molar-refractivity contribution in [3.63, 3.8) is 0 Å². The van der Waals surface area contributed by atoms with Crippen LogP contribution in [-0.2, 0) is 16.0 Å². The molecule has 2 heterocycles. The van der Waals surface area contributed by atoms with E-state index in [1.807, 2.05) is 41.8 Å². The first-order valence-corrected chi connectivity index (χ1v) is 10.4. The summed E-state index contributed by atoms with van der Waals surface area (Å²) in [7, 11) is 0. The maximum Gasteiger partial charge on any atom is 0.408 e. The molecule has 7 nitrogen and oxygen atoms in total. The van der Waals surface area contributed by atoms with Crippen molar-refractivity contribution >= 4 is 29.0 Å². The van der Waals surface area contributed by atoms with Gasteiger partial charge in [0.2, 0.25) is 5.91 Å². The second kappa shape index (κ2) is 9.49.